The van der Waals surface area contributed by atoms with Gasteiger partial charge >= 0.3 is 5.69 Å². The van der Waals surface area contributed by atoms with Crippen LogP contribution in [0.25, 0.3) is 0 Å². The van der Waals surface area contributed by atoms with Gasteiger partial charge in [0.25, 0.3) is 5.56 Å². The molecule has 0 fully saturated rings. The third-order valence-electron chi connectivity index (χ3n) is 3.23. The van der Waals surface area contributed by atoms with Crippen molar-refractivity contribution < 1.29 is 4.79 Å². The molecule has 1 aliphatic rings. The third kappa shape index (κ3) is 2.05. The lowest BCUT2D eigenvalue weighted by Crippen LogP contribution is -2.44. The van der Waals surface area contributed by atoms with Crippen LogP contribution in [-0.4, -0.2) is 34.0 Å². The molecule has 0 bridgehead atoms. The van der Waals surface area contributed by atoms with Crippen molar-refractivity contribution in [1.29, 1.82) is 5.26 Å². The van der Waals surface area contributed by atoms with Crippen molar-refractivity contribution in [1.82, 2.24) is 14.0 Å². The van der Waals surface area contributed by atoms with E-state index >= 15 is 0 Å². The number of nitriles is 1. The summed E-state index contributed by atoms with van der Waals surface area (Å²) in [5.74, 6) is -0.360. The van der Waals surface area contributed by atoms with Crippen LogP contribution in [0.15, 0.2) is 9.59 Å². The molecular weight excluding hydrogens is 248 g/mol. The fourth-order valence-corrected chi connectivity index (χ4v) is 2.17. The van der Waals surface area contributed by atoms with Gasteiger partial charge in [0.15, 0.2) is 0 Å². The molecule has 0 unspecified atom stereocenters. The highest BCUT2D eigenvalue weighted by Crippen LogP contribution is 2.12. The SMILES string of the molecule is CN(C)C(=O)Cn1c(=O)c(C#N)c2n(c1=O)CCC2. The molecule has 0 aromatic carbocycles. The normalized spacial score (nSPS) is 12.9. The summed E-state index contributed by atoms with van der Waals surface area (Å²) in [6, 6.07) is 1.85. The Hall–Kier alpha value is -2.36. The second-order valence-electron chi connectivity index (χ2n) is 4.65. The van der Waals surface area contributed by atoms with Crippen LogP contribution in [0.1, 0.15) is 17.7 Å². The smallest absolute Gasteiger partial charge is 0.331 e. The van der Waals surface area contributed by atoms with Gasteiger partial charge in [-0.15, -0.1) is 0 Å². The Bertz CT molecular complexity index is 691. The molecule has 19 heavy (non-hydrogen) atoms. The van der Waals surface area contributed by atoms with E-state index in [9.17, 15) is 14.4 Å². The van der Waals surface area contributed by atoms with Crippen molar-refractivity contribution in [2.75, 3.05) is 14.1 Å². The van der Waals surface area contributed by atoms with E-state index in [1.807, 2.05) is 6.07 Å². The fourth-order valence-electron chi connectivity index (χ4n) is 2.17. The molecule has 7 nitrogen and oxygen atoms in total. The van der Waals surface area contributed by atoms with Crippen molar-refractivity contribution in [3.63, 3.8) is 0 Å². The second-order valence-corrected chi connectivity index (χ2v) is 4.65. The van der Waals surface area contributed by atoms with E-state index in [-0.39, 0.29) is 18.0 Å². The molecule has 1 aromatic heterocycles. The molecule has 0 radical (unpaired) electrons. The summed E-state index contributed by atoms with van der Waals surface area (Å²) in [5, 5.41) is 9.07. The second kappa shape index (κ2) is 4.72. The van der Waals surface area contributed by atoms with Gasteiger partial charge in [-0.2, -0.15) is 5.26 Å². The molecule has 1 aliphatic heterocycles. The first kappa shape index (κ1) is 13.1. The zero-order valence-corrected chi connectivity index (χ0v) is 10.8. The number of amides is 1. The maximum absolute atomic E-state index is 12.2. The maximum atomic E-state index is 12.2. The van der Waals surface area contributed by atoms with E-state index in [2.05, 4.69) is 0 Å². The van der Waals surface area contributed by atoms with Gasteiger partial charge in [-0.25, -0.2) is 9.36 Å². The molecule has 0 atom stereocenters. The molecule has 100 valence electrons. The summed E-state index contributed by atoms with van der Waals surface area (Å²) >= 11 is 0. The largest absolute Gasteiger partial charge is 0.347 e. The van der Waals surface area contributed by atoms with Crippen molar-refractivity contribution in [3.8, 4) is 6.07 Å². The average molecular weight is 262 g/mol. The van der Waals surface area contributed by atoms with E-state index in [1.54, 1.807) is 14.1 Å². The van der Waals surface area contributed by atoms with Crippen LogP contribution in [0.4, 0.5) is 0 Å². The average Bonchev–Trinajstić information content (AvgIpc) is 2.83. The number of fused-ring (bicyclic) bond motifs is 1. The van der Waals surface area contributed by atoms with Gasteiger partial charge in [0.1, 0.15) is 18.2 Å². The van der Waals surface area contributed by atoms with E-state index in [4.69, 9.17) is 5.26 Å². The lowest BCUT2D eigenvalue weighted by atomic mass is 10.2. The zero-order valence-electron chi connectivity index (χ0n) is 10.8. The minimum atomic E-state index is -0.671. The minimum Gasteiger partial charge on any atom is -0.347 e. The number of carbonyl (C=O) groups excluding carboxylic acids is 1. The molecular formula is C12H14N4O3. The molecule has 0 aliphatic carbocycles. The van der Waals surface area contributed by atoms with Crippen LogP contribution in [0.3, 0.4) is 0 Å². The van der Waals surface area contributed by atoms with Crippen molar-refractivity contribution in [2.24, 2.45) is 0 Å². The Morgan fingerprint density at radius 2 is 2.11 bits per heavy atom. The lowest BCUT2D eigenvalue weighted by molar-refractivity contribution is -0.129. The molecule has 0 N–H and O–H groups in total. The molecule has 0 saturated carbocycles. The number of aromatic nitrogens is 2. The van der Waals surface area contributed by atoms with Gasteiger partial charge in [-0.3, -0.25) is 14.2 Å². The fraction of sp³-hybridized carbons (Fsp3) is 0.500. The third-order valence-corrected chi connectivity index (χ3v) is 3.23. The van der Waals surface area contributed by atoms with Crippen LogP contribution in [0.5, 0.6) is 0 Å². The standard InChI is InChI=1S/C12H14N4O3/c1-14(2)10(17)7-16-11(18)8(6-13)9-4-3-5-15(9)12(16)19/h3-5,7H2,1-2H3. The van der Waals surface area contributed by atoms with Crippen molar-refractivity contribution in [2.45, 2.75) is 25.9 Å². The first-order valence-corrected chi connectivity index (χ1v) is 5.94. The Labute approximate surface area is 109 Å². The zero-order chi connectivity index (χ0) is 14.2. The number of rotatable bonds is 2. The Morgan fingerprint density at radius 1 is 1.42 bits per heavy atom. The highest BCUT2D eigenvalue weighted by atomic mass is 16.2. The monoisotopic (exact) mass is 262 g/mol. The Morgan fingerprint density at radius 3 is 2.68 bits per heavy atom. The molecule has 1 amide bonds. The predicted molar refractivity (Wildman–Crippen MR) is 66.7 cm³/mol. The summed E-state index contributed by atoms with van der Waals surface area (Å²) in [6.07, 6.45) is 1.28. The Balaban J connectivity index is 2.64. The summed E-state index contributed by atoms with van der Waals surface area (Å²) < 4.78 is 2.26. The summed E-state index contributed by atoms with van der Waals surface area (Å²) in [5.41, 5.74) is -0.711. The number of likely N-dealkylation sites (N-methyl/N-ethyl adjacent to an activating group) is 1. The van der Waals surface area contributed by atoms with Gasteiger partial charge in [0.05, 0.1) is 0 Å². The quantitative estimate of drug-likeness (QED) is 0.678. The Kier molecular flexibility index (Phi) is 3.25. The molecule has 0 spiro atoms. The van der Waals surface area contributed by atoms with Gasteiger partial charge in [-0.05, 0) is 12.8 Å². The van der Waals surface area contributed by atoms with Gasteiger partial charge in [-0.1, -0.05) is 0 Å². The molecule has 1 aromatic rings. The first-order valence-electron chi connectivity index (χ1n) is 5.94. The topological polar surface area (TPSA) is 88.1 Å². The van der Waals surface area contributed by atoms with Crippen LogP contribution >= 0.6 is 0 Å². The van der Waals surface area contributed by atoms with Gasteiger partial charge in [0, 0.05) is 26.3 Å². The number of hydrogen-bond acceptors (Lipinski definition) is 4. The highest BCUT2D eigenvalue weighted by molar-refractivity contribution is 5.75. The number of carbonyl (C=O) groups is 1. The van der Waals surface area contributed by atoms with E-state index < -0.39 is 11.2 Å². The van der Waals surface area contributed by atoms with Crippen LogP contribution in [0, 0.1) is 11.3 Å². The molecule has 2 heterocycles. The van der Waals surface area contributed by atoms with E-state index in [0.29, 0.717) is 18.7 Å². The van der Waals surface area contributed by atoms with Crippen molar-refractivity contribution >= 4 is 5.91 Å². The van der Waals surface area contributed by atoms with E-state index in [0.717, 1.165) is 11.0 Å². The van der Waals surface area contributed by atoms with Crippen LogP contribution in [-0.2, 0) is 24.3 Å². The predicted octanol–water partition coefficient (Wildman–Crippen LogP) is -1.08. The number of hydrogen-bond donors (Lipinski definition) is 0. The van der Waals surface area contributed by atoms with Crippen molar-refractivity contribution in [3.05, 3.63) is 32.1 Å². The van der Waals surface area contributed by atoms with Gasteiger partial charge < -0.3 is 4.90 Å². The number of nitrogens with zero attached hydrogens (tertiary/aromatic N) is 4. The maximum Gasteiger partial charge on any atom is 0.331 e. The van der Waals surface area contributed by atoms with Crippen LogP contribution in [0.2, 0.25) is 0 Å². The van der Waals surface area contributed by atoms with Gasteiger partial charge in [0.2, 0.25) is 5.91 Å². The first-order chi connectivity index (χ1) is 8.97. The minimum absolute atomic E-state index is 0.0244. The highest BCUT2D eigenvalue weighted by Gasteiger charge is 2.23. The lowest BCUT2D eigenvalue weighted by Gasteiger charge is -2.13. The van der Waals surface area contributed by atoms with Crippen LogP contribution < -0.4 is 11.2 Å². The summed E-state index contributed by atoms with van der Waals surface area (Å²) in [4.78, 5) is 37.2. The van der Waals surface area contributed by atoms with E-state index in [1.165, 1.54) is 9.47 Å². The molecule has 2 rings (SSSR count). The molecule has 0 saturated heterocycles. The summed E-state index contributed by atoms with van der Waals surface area (Å²) in [7, 11) is 3.09. The molecule has 7 heteroatoms. The summed E-state index contributed by atoms with van der Waals surface area (Å²) in [6.45, 7) is 0.152.